The molecule has 0 amide bonds. The van der Waals surface area contributed by atoms with E-state index in [9.17, 15) is 9.59 Å². The largest absolute Gasteiger partial charge is 0.298 e. The van der Waals surface area contributed by atoms with E-state index in [-0.39, 0.29) is 0 Å². The maximum atomic E-state index is 10.7. The highest BCUT2D eigenvalue weighted by Crippen LogP contribution is 2.27. The number of carbonyl (C=O) groups is 2. The maximum absolute atomic E-state index is 10.7. The normalized spacial score (nSPS) is 9.86. The smallest absolute Gasteiger partial charge is 0.151 e. The van der Waals surface area contributed by atoms with Crippen molar-refractivity contribution in [1.82, 2.24) is 0 Å². The van der Waals surface area contributed by atoms with Crippen LogP contribution < -0.4 is 0 Å². The molecule has 0 heterocycles. The first-order valence-corrected chi connectivity index (χ1v) is 5.87. The molecule has 74 valence electrons. The number of halogens is 1. The Morgan fingerprint density at radius 3 is 2.43 bits per heavy atom. The summed E-state index contributed by atoms with van der Waals surface area (Å²) in [6.45, 7) is 2.01. The van der Waals surface area contributed by atoms with Crippen molar-refractivity contribution in [1.29, 1.82) is 0 Å². The van der Waals surface area contributed by atoms with E-state index in [1.54, 1.807) is 17.8 Å². The van der Waals surface area contributed by atoms with Gasteiger partial charge in [-0.3, -0.25) is 9.59 Å². The van der Waals surface area contributed by atoms with Gasteiger partial charge in [-0.2, -0.15) is 0 Å². The highest BCUT2D eigenvalue weighted by atomic mass is 79.9. The number of carbonyl (C=O) groups excluding carboxylic acids is 2. The van der Waals surface area contributed by atoms with E-state index in [0.717, 1.165) is 27.7 Å². The van der Waals surface area contributed by atoms with E-state index >= 15 is 0 Å². The van der Waals surface area contributed by atoms with Gasteiger partial charge < -0.3 is 0 Å². The highest BCUT2D eigenvalue weighted by Gasteiger charge is 2.07. The van der Waals surface area contributed by atoms with Crippen LogP contribution in [0, 0.1) is 0 Å². The number of aldehydes is 2. The minimum absolute atomic E-state index is 0.507. The molecule has 0 aromatic heterocycles. The average Bonchev–Trinajstić information content (AvgIpc) is 2.19. The molecule has 0 aliphatic rings. The molecule has 0 aliphatic heterocycles. The van der Waals surface area contributed by atoms with Crippen LogP contribution in [0.25, 0.3) is 0 Å². The third kappa shape index (κ3) is 2.45. The second-order valence-corrected chi connectivity index (χ2v) is 4.74. The fraction of sp³-hybridized carbons (Fsp3) is 0.200. The van der Waals surface area contributed by atoms with Gasteiger partial charge in [0.2, 0.25) is 0 Å². The number of hydrogen-bond acceptors (Lipinski definition) is 3. The third-order valence-electron chi connectivity index (χ3n) is 1.68. The molecule has 4 heteroatoms. The minimum atomic E-state index is 0.507. The van der Waals surface area contributed by atoms with Crippen LogP contribution in [0.2, 0.25) is 0 Å². The first-order valence-electron chi connectivity index (χ1n) is 4.09. The number of hydrogen-bond donors (Lipinski definition) is 0. The predicted molar refractivity (Wildman–Crippen MR) is 61.3 cm³/mol. The lowest BCUT2D eigenvalue weighted by Crippen LogP contribution is -1.91. The second kappa shape index (κ2) is 5.32. The summed E-state index contributed by atoms with van der Waals surface area (Å²) in [5.74, 6) is 0.897. The molecule has 0 aliphatic carbocycles. The Hall–Kier alpha value is -0.610. The minimum Gasteiger partial charge on any atom is -0.298 e. The Morgan fingerprint density at radius 1 is 1.29 bits per heavy atom. The van der Waals surface area contributed by atoms with Crippen LogP contribution in [-0.2, 0) is 0 Å². The SMILES string of the molecule is CCSc1cc(Br)c(C=O)cc1C=O. The molecule has 0 saturated carbocycles. The molecule has 1 aromatic rings. The molecule has 0 bridgehead atoms. The van der Waals surface area contributed by atoms with Crippen molar-refractivity contribution in [3.05, 3.63) is 27.7 Å². The first kappa shape index (κ1) is 11.5. The molecule has 14 heavy (non-hydrogen) atoms. The lowest BCUT2D eigenvalue weighted by molar-refractivity contribution is 0.112. The summed E-state index contributed by atoms with van der Waals surface area (Å²) in [6, 6.07) is 3.41. The van der Waals surface area contributed by atoms with Crippen molar-refractivity contribution in [2.45, 2.75) is 11.8 Å². The zero-order valence-corrected chi connectivity index (χ0v) is 10.0. The van der Waals surface area contributed by atoms with Gasteiger partial charge in [-0.15, -0.1) is 11.8 Å². The molecule has 0 N–H and O–H groups in total. The van der Waals surface area contributed by atoms with Crippen LogP contribution in [0.15, 0.2) is 21.5 Å². The molecule has 0 spiro atoms. The summed E-state index contributed by atoms with van der Waals surface area (Å²) in [6.07, 6.45) is 1.51. The quantitative estimate of drug-likeness (QED) is 0.624. The molecule has 1 rings (SSSR count). The number of rotatable bonds is 4. The Kier molecular flexibility index (Phi) is 4.35. The average molecular weight is 273 g/mol. The summed E-state index contributed by atoms with van der Waals surface area (Å²) in [5, 5.41) is 0. The van der Waals surface area contributed by atoms with E-state index in [1.807, 2.05) is 13.0 Å². The Bertz CT molecular complexity index is 363. The molecule has 0 fully saturated rings. The van der Waals surface area contributed by atoms with E-state index in [1.165, 1.54) is 0 Å². The van der Waals surface area contributed by atoms with Crippen molar-refractivity contribution in [3.63, 3.8) is 0 Å². The predicted octanol–water partition coefficient (Wildman–Crippen LogP) is 3.19. The van der Waals surface area contributed by atoms with Gasteiger partial charge in [0.15, 0.2) is 12.6 Å². The molecule has 0 atom stereocenters. The van der Waals surface area contributed by atoms with E-state index in [4.69, 9.17) is 0 Å². The van der Waals surface area contributed by atoms with E-state index in [0.29, 0.717) is 11.1 Å². The molecular formula is C10H9BrO2S. The summed E-state index contributed by atoms with van der Waals surface area (Å²) in [7, 11) is 0. The van der Waals surface area contributed by atoms with Crippen LogP contribution in [0.1, 0.15) is 27.6 Å². The lowest BCUT2D eigenvalue weighted by atomic mass is 10.1. The Labute approximate surface area is 95.2 Å². The Morgan fingerprint density at radius 2 is 1.93 bits per heavy atom. The van der Waals surface area contributed by atoms with Crippen molar-refractivity contribution >= 4 is 40.3 Å². The fourth-order valence-corrected chi connectivity index (χ4v) is 2.43. The maximum Gasteiger partial charge on any atom is 0.151 e. The second-order valence-electron chi connectivity index (χ2n) is 2.58. The first-order chi connectivity index (χ1) is 6.72. The monoisotopic (exact) mass is 272 g/mol. The van der Waals surface area contributed by atoms with Gasteiger partial charge in [0, 0.05) is 20.5 Å². The van der Waals surface area contributed by atoms with Gasteiger partial charge in [0.1, 0.15) is 0 Å². The zero-order chi connectivity index (χ0) is 10.6. The summed E-state index contributed by atoms with van der Waals surface area (Å²) >= 11 is 4.86. The van der Waals surface area contributed by atoms with Crippen molar-refractivity contribution in [2.24, 2.45) is 0 Å². The summed E-state index contributed by atoms with van der Waals surface area (Å²) < 4.78 is 0.731. The standard InChI is InChI=1S/C10H9BrO2S/c1-2-14-10-4-9(11)7(5-12)3-8(10)6-13/h3-6H,2H2,1H3. The molecule has 0 radical (unpaired) electrons. The van der Waals surface area contributed by atoms with Crippen LogP contribution in [0.5, 0.6) is 0 Å². The van der Waals surface area contributed by atoms with Gasteiger partial charge >= 0.3 is 0 Å². The third-order valence-corrected chi connectivity index (χ3v) is 3.32. The molecule has 1 aromatic carbocycles. The number of benzene rings is 1. The van der Waals surface area contributed by atoms with Crippen molar-refractivity contribution in [3.8, 4) is 0 Å². The highest BCUT2D eigenvalue weighted by molar-refractivity contribution is 9.10. The fourth-order valence-electron chi connectivity index (χ4n) is 1.05. The summed E-state index contributed by atoms with van der Waals surface area (Å²) in [5.41, 5.74) is 1.08. The van der Waals surface area contributed by atoms with Crippen molar-refractivity contribution < 1.29 is 9.59 Å². The van der Waals surface area contributed by atoms with Gasteiger partial charge in [0.25, 0.3) is 0 Å². The number of thioether (sulfide) groups is 1. The van der Waals surface area contributed by atoms with E-state index in [2.05, 4.69) is 15.9 Å². The van der Waals surface area contributed by atoms with Gasteiger partial charge in [-0.1, -0.05) is 22.9 Å². The molecule has 0 saturated heterocycles. The van der Waals surface area contributed by atoms with Crippen LogP contribution in [0.3, 0.4) is 0 Å². The van der Waals surface area contributed by atoms with E-state index < -0.39 is 0 Å². The van der Waals surface area contributed by atoms with Crippen LogP contribution >= 0.6 is 27.7 Å². The zero-order valence-electron chi connectivity index (χ0n) is 7.62. The summed E-state index contributed by atoms with van der Waals surface area (Å²) in [4.78, 5) is 22.3. The van der Waals surface area contributed by atoms with Gasteiger partial charge in [0.05, 0.1) is 0 Å². The van der Waals surface area contributed by atoms with Crippen LogP contribution in [-0.4, -0.2) is 18.3 Å². The lowest BCUT2D eigenvalue weighted by Gasteiger charge is -2.05. The van der Waals surface area contributed by atoms with Crippen molar-refractivity contribution in [2.75, 3.05) is 5.75 Å². The molecule has 0 unspecified atom stereocenters. The van der Waals surface area contributed by atoms with Gasteiger partial charge in [-0.05, 0) is 17.9 Å². The molecule has 2 nitrogen and oxygen atoms in total. The Balaban J connectivity index is 3.23. The van der Waals surface area contributed by atoms with Crippen LogP contribution in [0.4, 0.5) is 0 Å². The van der Waals surface area contributed by atoms with Gasteiger partial charge in [-0.25, -0.2) is 0 Å². The topological polar surface area (TPSA) is 34.1 Å². The molecular weight excluding hydrogens is 264 g/mol.